The van der Waals surface area contributed by atoms with E-state index in [0.29, 0.717) is 11.3 Å². The van der Waals surface area contributed by atoms with Gasteiger partial charge in [-0.2, -0.15) is 0 Å². The minimum atomic E-state index is 0.624. The molecule has 0 amide bonds. The van der Waals surface area contributed by atoms with Crippen molar-refractivity contribution in [3.05, 3.63) is 15.5 Å². The number of aromatic nitrogens is 2. The lowest BCUT2D eigenvalue weighted by molar-refractivity contribution is 0.874. The first-order valence-corrected chi connectivity index (χ1v) is 4.32. The molecule has 66 valence electrons. The number of hydrogen-bond acceptors (Lipinski definition) is 2. The second-order valence-corrected chi connectivity index (χ2v) is 3.01. The van der Waals surface area contributed by atoms with Gasteiger partial charge in [0.1, 0.15) is 0 Å². The second-order valence-electron chi connectivity index (χ2n) is 2.61. The van der Waals surface area contributed by atoms with Gasteiger partial charge in [0, 0.05) is 0 Å². The quantitative estimate of drug-likeness (QED) is 0.456. The zero-order chi connectivity index (χ0) is 8.97. The molecule has 0 aliphatic rings. The SMILES string of the molecule is C=c1[nH]c(=S)[nH]c1=CCCCN. The van der Waals surface area contributed by atoms with Gasteiger partial charge in [0.2, 0.25) is 0 Å². The summed E-state index contributed by atoms with van der Waals surface area (Å²) in [6, 6.07) is 0. The Morgan fingerprint density at radius 2 is 2.25 bits per heavy atom. The van der Waals surface area contributed by atoms with Crippen LogP contribution < -0.4 is 16.4 Å². The summed E-state index contributed by atoms with van der Waals surface area (Å²) < 4.78 is 0.624. The van der Waals surface area contributed by atoms with Crippen LogP contribution in [0.3, 0.4) is 0 Å². The van der Waals surface area contributed by atoms with Crippen molar-refractivity contribution in [2.75, 3.05) is 6.54 Å². The van der Waals surface area contributed by atoms with Gasteiger partial charge in [-0.1, -0.05) is 12.7 Å². The molecule has 0 aromatic carbocycles. The monoisotopic (exact) mass is 183 g/mol. The van der Waals surface area contributed by atoms with Crippen LogP contribution in [0.4, 0.5) is 0 Å². The summed E-state index contributed by atoms with van der Waals surface area (Å²) in [6.07, 6.45) is 4.01. The van der Waals surface area contributed by atoms with Crippen LogP contribution in [0.25, 0.3) is 12.7 Å². The first kappa shape index (κ1) is 9.22. The number of H-pyrrole nitrogens is 2. The third-order valence-corrected chi connectivity index (χ3v) is 1.80. The molecule has 1 aromatic heterocycles. The van der Waals surface area contributed by atoms with Crippen molar-refractivity contribution in [1.29, 1.82) is 0 Å². The van der Waals surface area contributed by atoms with Gasteiger partial charge >= 0.3 is 0 Å². The van der Waals surface area contributed by atoms with E-state index in [1.54, 1.807) is 0 Å². The van der Waals surface area contributed by atoms with Crippen LogP contribution in [0.15, 0.2) is 0 Å². The first-order valence-electron chi connectivity index (χ1n) is 3.91. The number of nitrogens with two attached hydrogens (primary N) is 1. The predicted molar refractivity (Wildman–Crippen MR) is 53.5 cm³/mol. The summed E-state index contributed by atoms with van der Waals surface area (Å²) in [5.41, 5.74) is 5.36. The average molecular weight is 183 g/mol. The summed E-state index contributed by atoms with van der Waals surface area (Å²) in [6.45, 7) is 4.52. The predicted octanol–water partition coefficient (Wildman–Crippen LogP) is 0.00199. The standard InChI is InChI=1S/C8H13N3S/c1-6-7(4-2-3-5-9)11-8(12)10-6/h4H,1-3,5,9H2,(H2,10,11,12). The molecule has 4 heteroatoms. The van der Waals surface area contributed by atoms with Crippen molar-refractivity contribution in [3.8, 4) is 0 Å². The van der Waals surface area contributed by atoms with E-state index in [4.69, 9.17) is 18.0 Å². The van der Waals surface area contributed by atoms with Gasteiger partial charge in [-0.3, -0.25) is 0 Å². The molecule has 0 fully saturated rings. The van der Waals surface area contributed by atoms with Gasteiger partial charge in [0.25, 0.3) is 0 Å². The molecule has 0 aliphatic carbocycles. The van der Waals surface area contributed by atoms with E-state index < -0.39 is 0 Å². The van der Waals surface area contributed by atoms with E-state index in [1.807, 2.05) is 0 Å². The van der Waals surface area contributed by atoms with Crippen molar-refractivity contribution in [3.63, 3.8) is 0 Å². The normalized spacial score (nSPS) is 12.2. The minimum Gasteiger partial charge on any atom is -0.331 e. The summed E-state index contributed by atoms with van der Waals surface area (Å²) in [5.74, 6) is 0. The van der Waals surface area contributed by atoms with Gasteiger partial charge < -0.3 is 15.7 Å². The Morgan fingerprint density at radius 1 is 1.50 bits per heavy atom. The third-order valence-electron chi connectivity index (χ3n) is 1.59. The molecule has 1 rings (SSSR count). The largest absolute Gasteiger partial charge is 0.331 e. The highest BCUT2D eigenvalue weighted by molar-refractivity contribution is 7.71. The Labute approximate surface area is 76.0 Å². The van der Waals surface area contributed by atoms with Gasteiger partial charge in [-0.15, -0.1) is 0 Å². The number of hydrogen-bond donors (Lipinski definition) is 3. The number of unbranched alkanes of at least 4 members (excludes halogenated alkanes) is 1. The van der Waals surface area contributed by atoms with Crippen molar-refractivity contribution in [1.82, 2.24) is 9.97 Å². The molecule has 12 heavy (non-hydrogen) atoms. The average Bonchev–Trinajstić information content (AvgIpc) is 2.31. The first-order chi connectivity index (χ1) is 5.74. The molecule has 0 aliphatic heterocycles. The second kappa shape index (κ2) is 4.23. The molecule has 0 spiro atoms. The van der Waals surface area contributed by atoms with Crippen molar-refractivity contribution in [2.24, 2.45) is 5.73 Å². The molecule has 0 atom stereocenters. The maximum atomic E-state index is 5.36. The maximum absolute atomic E-state index is 5.36. The highest BCUT2D eigenvalue weighted by Crippen LogP contribution is 1.84. The third kappa shape index (κ3) is 2.32. The fourth-order valence-electron chi connectivity index (χ4n) is 0.972. The van der Waals surface area contributed by atoms with Crippen LogP contribution in [0.1, 0.15) is 12.8 Å². The number of nitrogens with one attached hydrogen (secondary N) is 2. The zero-order valence-corrected chi connectivity index (χ0v) is 7.71. The molecular formula is C8H13N3S. The van der Waals surface area contributed by atoms with Crippen LogP contribution in [0, 0.1) is 4.77 Å². The molecule has 0 saturated heterocycles. The van der Waals surface area contributed by atoms with Crippen LogP contribution in [0.2, 0.25) is 0 Å². The van der Waals surface area contributed by atoms with Crippen molar-refractivity contribution in [2.45, 2.75) is 12.8 Å². The molecule has 0 unspecified atom stereocenters. The van der Waals surface area contributed by atoms with Gasteiger partial charge in [0.05, 0.1) is 10.7 Å². The lowest BCUT2D eigenvalue weighted by atomic mass is 10.3. The highest BCUT2D eigenvalue weighted by Gasteiger charge is 1.85. The Morgan fingerprint density at radius 3 is 2.75 bits per heavy atom. The van der Waals surface area contributed by atoms with Gasteiger partial charge in [0.15, 0.2) is 4.77 Å². The van der Waals surface area contributed by atoms with Crippen molar-refractivity contribution < 1.29 is 0 Å². The van der Waals surface area contributed by atoms with E-state index in [1.165, 1.54) is 0 Å². The Bertz CT molecular complexity index is 387. The topological polar surface area (TPSA) is 57.6 Å². The van der Waals surface area contributed by atoms with E-state index in [0.717, 1.165) is 23.5 Å². The van der Waals surface area contributed by atoms with E-state index in [9.17, 15) is 0 Å². The summed E-state index contributed by atoms with van der Waals surface area (Å²) in [5, 5.41) is 1.82. The minimum absolute atomic E-state index is 0.624. The van der Waals surface area contributed by atoms with E-state index >= 15 is 0 Å². The Hall–Kier alpha value is -0.870. The zero-order valence-electron chi connectivity index (χ0n) is 6.89. The van der Waals surface area contributed by atoms with Crippen LogP contribution in [-0.2, 0) is 0 Å². The van der Waals surface area contributed by atoms with E-state index in [2.05, 4.69) is 22.6 Å². The molecule has 0 radical (unpaired) electrons. The smallest absolute Gasteiger partial charge is 0.175 e. The molecular weight excluding hydrogens is 170 g/mol. The number of aromatic amines is 2. The lowest BCUT2D eigenvalue weighted by Gasteiger charge is -1.86. The summed E-state index contributed by atoms with van der Waals surface area (Å²) in [4.78, 5) is 5.92. The number of imidazole rings is 1. The molecule has 4 N–H and O–H groups in total. The van der Waals surface area contributed by atoms with Gasteiger partial charge in [-0.25, -0.2) is 0 Å². The van der Waals surface area contributed by atoms with Crippen molar-refractivity contribution >= 4 is 24.9 Å². The fraction of sp³-hybridized carbons (Fsp3) is 0.375. The summed E-state index contributed by atoms with van der Waals surface area (Å²) >= 11 is 4.90. The van der Waals surface area contributed by atoms with Crippen LogP contribution >= 0.6 is 12.2 Å². The fourth-order valence-corrected chi connectivity index (χ4v) is 1.21. The molecule has 1 heterocycles. The Balaban J connectivity index is 2.87. The number of rotatable bonds is 3. The highest BCUT2D eigenvalue weighted by atomic mass is 32.1. The molecule has 0 saturated carbocycles. The van der Waals surface area contributed by atoms with Crippen LogP contribution in [0.5, 0.6) is 0 Å². The van der Waals surface area contributed by atoms with Gasteiger partial charge in [-0.05, 0) is 31.6 Å². The molecule has 1 aromatic rings. The lowest BCUT2D eigenvalue weighted by Crippen LogP contribution is -2.22. The molecule has 0 bridgehead atoms. The summed E-state index contributed by atoms with van der Waals surface area (Å²) in [7, 11) is 0. The molecule has 3 nitrogen and oxygen atoms in total. The van der Waals surface area contributed by atoms with E-state index in [-0.39, 0.29) is 0 Å². The van der Waals surface area contributed by atoms with Crippen LogP contribution in [-0.4, -0.2) is 16.5 Å². The Kier molecular flexibility index (Phi) is 3.25. The maximum Gasteiger partial charge on any atom is 0.175 e.